The summed E-state index contributed by atoms with van der Waals surface area (Å²) in [5.74, 6) is 0. The molecule has 0 saturated heterocycles. The van der Waals surface area contributed by atoms with Crippen LogP contribution in [-0.4, -0.2) is 8.42 Å². The van der Waals surface area contributed by atoms with Crippen LogP contribution in [0.25, 0.3) is 0 Å². The van der Waals surface area contributed by atoms with Crippen molar-refractivity contribution in [3.63, 3.8) is 0 Å². The molecule has 3 aromatic rings. The zero-order chi connectivity index (χ0) is 19.5. The number of hydrogen-bond acceptors (Lipinski definition) is 3. The number of halogens is 4. The molecule has 0 aliphatic rings. The molecular weight excluding hydrogens is 492 g/mol. The van der Waals surface area contributed by atoms with Gasteiger partial charge in [0, 0.05) is 0 Å². The van der Waals surface area contributed by atoms with E-state index < -0.39 is 42.1 Å². The third kappa shape index (κ3) is 4.88. The summed E-state index contributed by atoms with van der Waals surface area (Å²) in [5.41, 5.74) is -0.914. The summed E-state index contributed by atoms with van der Waals surface area (Å²) in [4.78, 5) is -0.301. The fraction of sp³-hybridized carbons (Fsp3) is 0.0526. The Morgan fingerprint density at radius 1 is 0.704 bits per heavy atom. The summed E-state index contributed by atoms with van der Waals surface area (Å²) in [6.45, 7) is 0. The average Bonchev–Trinajstić information content (AvgIpc) is 2.67. The first-order valence-corrected chi connectivity index (χ1v) is 12.1. The van der Waals surface area contributed by atoms with Gasteiger partial charge in [-0.3, -0.25) is 0 Å². The van der Waals surface area contributed by atoms with E-state index in [0.29, 0.717) is 0 Å². The van der Waals surface area contributed by atoms with Gasteiger partial charge >= 0.3 is 163 Å². The van der Waals surface area contributed by atoms with Crippen molar-refractivity contribution in [1.82, 2.24) is 0 Å². The Labute approximate surface area is 162 Å². The fourth-order valence-corrected chi connectivity index (χ4v) is 9.18. The minimum atomic E-state index is -4.53. The van der Waals surface area contributed by atoms with Gasteiger partial charge in [0.15, 0.2) is 0 Å². The van der Waals surface area contributed by atoms with E-state index in [0.717, 1.165) is 31.4 Å². The van der Waals surface area contributed by atoms with E-state index in [1.807, 2.05) is 12.1 Å². The van der Waals surface area contributed by atoms with E-state index in [4.69, 9.17) is 2.51 Å². The van der Waals surface area contributed by atoms with Crippen molar-refractivity contribution in [1.29, 1.82) is 0 Å². The molecule has 0 aliphatic heterocycles. The molecule has 142 valence electrons. The van der Waals surface area contributed by atoms with Gasteiger partial charge < -0.3 is 0 Å². The van der Waals surface area contributed by atoms with E-state index in [2.05, 4.69) is 0 Å². The molecule has 3 aromatic carbocycles. The van der Waals surface area contributed by atoms with Gasteiger partial charge in [0.1, 0.15) is 0 Å². The number of benzene rings is 3. The Balaban J connectivity index is 1.95. The van der Waals surface area contributed by atoms with Gasteiger partial charge in [0.25, 0.3) is 0 Å². The Kier molecular flexibility index (Phi) is 5.87. The van der Waals surface area contributed by atoms with E-state index in [1.54, 1.807) is 48.5 Å². The summed E-state index contributed by atoms with van der Waals surface area (Å²) < 4.78 is 70.6. The Hall–Kier alpha value is -1.91. The number of rotatable bonds is 5. The second-order valence-corrected chi connectivity index (χ2v) is 11.9. The molecule has 0 aromatic heterocycles. The van der Waals surface area contributed by atoms with E-state index in [9.17, 15) is 21.6 Å². The third-order valence-corrected chi connectivity index (χ3v) is 10.8. The van der Waals surface area contributed by atoms with Gasteiger partial charge in [-0.15, -0.1) is 0 Å². The second-order valence-electron chi connectivity index (χ2n) is 5.38. The van der Waals surface area contributed by atoms with Gasteiger partial charge in [-0.05, 0) is 0 Å². The van der Waals surface area contributed by atoms with Crippen molar-refractivity contribution in [2.24, 2.45) is 0 Å². The van der Waals surface area contributed by atoms with E-state index in [-0.39, 0.29) is 4.90 Å². The van der Waals surface area contributed by atoms with E-state index in [1.165, 1.54) is 0 Å². The summed E-state index contributed by atoms with van der Waals surface area (Å²) in [5, 5.41) is 0. The zero-order valence-corrected chi connectivity index (χ0v) is 16.7. The molecule has 0 bridgehead atoms. The van der Waals surface area contributed by atoms with Crippen LogP contribution in [0.15, 0.2) is 89.8 Å². The summed E-state index contributed by atoms with van der Waals surface area (Å²) in [7, 11) is -4.22. The standard InChI is InChI=1S/C19H14F3IO3S/c20-19(21,22)15-11-13-18(14-12-15)27(24,25)26-23(16-7-3-1-4-8-16)17-9-5-2-6-10-17/h1-14H. The van der Waals surface area contributed by atoms with Crippen LogP contribution in [0.4, 0.5) is 13.2 Å². The van der Waals surface area contributed by atoms with Crippen LogP contribution >= 0.6 is 20.2 Å². The first-order valence-electron chi connectivity index (χ1n) is 7.70. The molecule has 0 N–H and O–H groups in total. The predicted octanol–water partition coefficient (Wildman–Crippen LogP) is 5.57. The molecule has 0 fully saturated rings. The molecule has 3 nitrogen and oxygen atoms in total. The maximum atomic E-state index is 12.7. The van der Waals surface area contributed by atoms with Crippen LogP contribution in [0.2, 0.25) is 0 Å². The molecule has 0 atom stereocenters. The number of hydrogen-bond donors (Lipinski definition) is 0. The minimum absolute atomic E-state index is 0.301. The molecule has 0 unspecified atom stereocenters. The summed E-state index contributed by atoms with van der Waals surface area (Å²) >= 11 is -2.82. The Morgan fingerprint density at radius 2 is 1.15 bits per heavy atom. The van der Waals surface area contributed by atoms with Crippen molar-refractivity contribution < 1.29 is 24.1 Å². The Morgan fingerprint density at radius 3 is 1.56 bits per heavy atom. The third-order valence-electron chi connectivity index (χ3n) is 3.48. The molecule has 0 saturated carbocycles. The van der Waals surface area contributed by atoms with Crippen molar-refractivity contribution in [2.45, 2.75) is 11.1 Å². The zero-order valence-electron chi connectivity index (χ0n) is 13.7. The predicted molar refractivity (Wildman–Crippen MR) is 104 cm³/mol. The van der Waals surface area contributed by atoms with Crippen LogP contribution in [0.3, 0.4) is 0 Å². The molecule has 0 spiro atoms. The molecule has 0 aliphatic carbocycles. The van der Waals surface area contributed by atoms with Gasteiger partial charge in [-0.1, -0.05) is 0 Å². The van der Waals surface area contributed by atoms with Crippen molar-refractivity contribution in [3.05, 3.63) is 97.6 Å². The molecule has 0 radical (unpaired) electrons. The maximum absolute atomic E-state index is 12.7. The van der Waals surface area contributed by atoms with E-state index >= 15 is 0 Å². The summed E-state index contributed by atoms with van der Waals surface area (Å²) in [6, 6.07) is 21.3. The molecule has 0 heterocycles. The van der Waals surface area contributed by atoms with Crippen LogP contribution in [0.5, 0.6) is 0 Å². The second kappa shape index (κ2) is 7.99. The first-order chi connectivity index (χ1) is 12.8. The quantitative estimate of drug-likeness (QED) is 0.425. The van der Waals surface area contributed by atoms with Crippen LogP contribution < -0.4 is 0 Å². The van der Waals surface area contributed by atoms with Crippen molar-refractivity contribution in [3.8, 4) is 0 Å². The van der Waals surface area contributed by atoms with Gasteiger partial charge in [0.2, 0.25) is 0 Å². The molecule has 8 heteroatoms. The van der Waals surface area contributed by atoms with Crippen molar-refractivity contribution in [2.75, 3.05) is 0 Å². The Bertz CT molecular complexity index is 950. The average molecular weight is 506 g/mol. The normalized spacial score (nSPS) is 12.6. The fourth-order valence-electron chi connectivity index (χ4n) is 2.19. The van der Waals surface area contributed by atoms with Crippen LogP contribution in [0, 0.1) is 7.14 Å². The summed E-state index contributed by atoms with van der Waals surface area (Å²) in [6.07, 6.45) is -4.53. The molecular formula is C19H14F3IO3S. The van der Waals surface area contributed by atoms with Gasteiger partial charge in [0.05, 0.1) is 0 Å². The van der Waals surface area contributed by atoms with Crippen LogP contribution in [0.1, 0.15) is 5.56 Å². The van der Waals surface area contributed by atoms with Crippen molar-refractivity contribution >= 4 is 30.4 Å². The van der Waals surface area contributed by atoms with Gasteiger partial charge in [-0.2, -0.15) is 0 Å². The first kappa shape index (κ1) is 19.8. The number of alkyl halides is 3. The SMILES string of the molecule is O=S(=O)(OI(c1ccccc1)c1ccccc1)c1ccc(C(F)(F)F)cc1. The molecule has 3 rings (SSSR count). The monoisotopic (exact) mass is 506 g/mol. The van der Waals surface area contributed by atoms with Gasteiger partial charge in [-0.25, -0.2) is 0 Å². The molecule has 0 amide bonds. The molecule has 27 heavy (non-hydrogen) atoms. The van der Waals surface area contributed by atoms with Crippen LogP contribution in [-0.2, 0) is 18.8 Å². The topological polar surface area (TPSA) is 43.4 Å².